The van der Waals surface area contributed by atoms with Crippen molar-refractivity contribution in [3.63, 3.8) is 0 Å². The van der Waals surface area contributed by atoms with Crippen LogP contribution in [0.4, 0.5) is 14.5 Å². The summed E-state index contributed by atoms with van der Waals surface area (Å²) in [7, 11) is 0. The third-order valence-corrected chi connectivity index (χ3v) is 3.95. The van der Waals surface area contributed by atoms with E-state index in [0.717, 1.165) is 11.3 Å². The van der Waals surface area contributed by atoms with Gasteiger partial charge in [-0.3, -0.25) is 0 Å². The molecule has 2 N–H and O–H groups in total. The molecule has 0 saturated carbocycles. The highest BCUT2D eigenvalue weighted by Gasteiger charge is 2.05. The molecule has 0 spiro atoms. The van der Waals surface area contributed by atoms with Crippen LogP contribution in [0.3, 0.4) is 0 Å². The zero-order valence-corrected chi connectivity index (χ0v) is 12.7. The van der Waals surface area contributed by atoms with Gasteiger partial charge in [-0.05, 0) is 57.9 Å². The minimum absolute atomic E-state index is 0.196. The van der Waals surface area contributed by atoms with Gasteiger partial charge in [0.05, 0.1) is 4.47 Å². The number of aromatic hydroxyl groups is 1. The van der Waals surface area contributed by atoms with E-state index < -0.39 is 5.76 Å². The van der Waals surface area contributed by atoms with E-state index in [1.165, 1.54) is 0 Å². The minimum atomic E-state index is -2.40. The number of nitrogens with one attached hydrogen (secondary N) is 1. The summed E-state index contributed by atoms with van der Waals surface area (Å²) >= 11 is 3.78. The number of rotatable bonds is 5. The molecule has 2 aromatic carbocycles. The van der Waals surface area contributed by atoms with Gasteiger partial charge in [0, 0.05) is 17.1 Å². The summed E-state index contributed by atoms with van der Waals surface area (Å²) in [5, 5.41) is 12.6. The van der Waals surface area contributed by atoms with Crippen LogP contribution < -0.4 is 5.32 Å². The molecule has 106 valence electrons. The van der Waals surface area contributed by atoms with Crippen molar-refractivity contribution in [2.24, 2.45) is 0 Å². The largest absolute Gasteiger partial charge is 0.507 e. The first-order chi connectivity index (χ1) is 9.54. The Hall–Kier alpha value is -1.27. The van der Waals surface area contributed by atoms with Crippen LogP contribution >= 0.6 is 27.7 Å². The molecule has 0 aliphatic rings. The van der Waals surface area contributed by atoms with Crippen LogP contribution in [0.15, 0.2) is 51.8 Å². The highest BCUT2D eigenvalue weighted by atomic mass is 79.9. The lowest BCUT2D eigenvalue weighted by atomic mass is 10.2. The van der Waals surface area contributed by atoms with E-state index in [0.29, 0.717) is 27.7 Å². The zero-order valence-electron chi connectivity index (χ0n) is 10.3. The molecule has 0 amide bonds. The van der Waals surface area contributed by atoms with E-state index in [2.05, 4.69) is 21.2 Å². The summed E-state index contributed by atoms with van der Waals surface area (Å²) in [6.07, 6.45) is 0. The molecular formula is C14H12BrF2NOS. The molecule has 0 unspecified atom stereocenters. The Balaban J connectivity index is 1.95. The number of alkyl halides is 2. The predicted molar refractivity (Wildman–Crippen MR) is 81.4 cm³/mol. The summed E-state index contributed by atoms with van der Waals surface area (Å²) < 4.78 is 25.0. The van der Waals surface area contributed by atoms with E-state index in [4.69, 9.17) is 0 Å². The molecule has 2 nitrogen and oxygen atoms in total. The van der Waals surface area contributed by atoms with Crippen molar-refractivity contribution in [3.05, 3.63) is 52.5 Å². The molecule has 2 aromatic rings. The summed E-state index contributed by atoms with van der Waals surface area (Å²) in [6, 6.07) is 12.1. The van der Waals surface area contributed by atoms with Crippen molar-refractivity contribution in [1.82, 2.24) is 0 Å². The summed E-state index contributed by atoms with van der Waals surface area (Å²) in [5.41, 5.74) is 1.86. The number of halogens is 3. The molecule has 0 aliphatic heterocycles. The average molecular weight is 360 g/mol. The molecule has 0 aromatic heterocycles. The Kier molecular flexibility index (Phi) is 5.25. The maximum atomic E-state index is 12.2. The fourth-order valence-corrected chi connectivity index (χ4v) is 2.54. The highest BCUT2D eigenvalue weighted by molar-refractivity contribution is 9.10. The van der Waals surface area contributed by atoms with Crippen molar-refractivity contribution >= 4 is 33.4 Å². The van der Waals surface area contributed by atoms with Gasteiger partial charge in [0.15, 0.2) is 0 Å². The number of phenolic OH excluding ortho intramolecular Hbond substituents is 1. The second kappa shape index (κ2) is 6.95. The van der Waals surface area contributed by atoms with Crippen molar-refractivity contribution in [2.45, 2.75) is 17.2 Å². The fourth-order valence-electron chi connectivity index (χ4n) is 1.62. The quantitative estimate of drug-likeness (QED) is 0.730. The van der Waals surface area contributed by atoms with Crippen molar-refractivity contribution in [3.8, 4) is 5.75 Å². The van der Waals surface area contributed by atoms with Crippen LogP contribution in [0.25, 0.3) is 0 Å². The fraction of sp³-hybridized carbons (Fsp3) is 0.143. The molecular weight excluding hydrogens is 348 g/mol. The van der Waals surface area contributed by atoms with Crippen molar-refractivity contribution in [1.29, 1.82) is 0 Å². The van der Waals surface area contributed by atoms with E-state index >= 15 is 0 Å². The van der Waals surface area contributed by atoms with Crippen LogP contribution in [-0.2, 0) is 6.54 Å². The molecule has 0 radical (unpaired) electrons. The summed E-state index contributed by atoms with van der Waals surface area (Å²) in [4.78, 5) is 0.540. The maximum absolute atomic E-state index is 12.2. The maximum Gasteiger partial charge on any atom is 0.288 e. The molecule has 0 aliphatic carbocycles. The van der Waals surface area contributed by atoms with Crippen LogP contribution in [0.2, 0.25) is 0 Å². The third-order valence-electron chi connectivity index (χ3n) is 2.59. The van der Waals surface area contributed by atoms with Gasteiger partial charge in [-0.15, -0.1) is 0 Å². The second-order valence-electron chi connectivity index (χ2n) is 4.04. The number of anilines is 1. The second-order valence-corrected chi connectivity index (χ2v) is 5.96. The smallest absolute Gasteiger partial charge is 0.288 e. The van der Waals surface area contributed by atoms with E-state index in [1.54, 1.807) is 30.3 Å². The third kappa shape index (κ3) is 4.38. The Morgan fingerprint density at radius 1 is 1.15 bits per heavy atom. The molecule has 0 atom stereocenters. The molecule has 0 fully saturated rings. The van der Waals surface area contributed by atoms with Gasteiger partial charge < -0.3 is 10.4 Å². The van der Waals surface area contributed by atoms with Crippen LogP contribution in [-0.4, -0.2) is 10.9 Å². The Bertz CT molecular complexity index is 578. The zero-order chi connectivity index (χ0) is 14.5. The average Bonchev–Trinajstić information content (AvgIpc) is 2.41. The lowest BCUT2D eigenvalue weighted by molar-refractivity contribution is 0.252. The standard InChI is InChI=1S/C14H12BrF2NOS/c15-12-7-9(1-6-13(12)19)8-18-10-2-4-11(5-3-10)20-14(16)17/h1-7,14,18-19H,8H2. The first kappa shape index (κ1) is 15.1. The van der Waals surface area contributed by atoms with Gasteiger partial charge in [-0.2, -0.15) is 8.78 Å². The van der Waals surface area contributed by atoms with Crippen LogP contribution in [0.5, 0.6) is 5.75 Å². The number of phenols is 1. The van der Waals surface area contributed by atoms with E-state index in [1.807, 2.05) is 12.1 Å². The number of benzene rings is 2. The lowest BCUT2D eigenvalue weighted by Crippen LogP contribution is -1.99. The molecule has 0 bridgehead atoms. The Labute approximate surface area is 128 Å². The Morgan fingerprint density at radius 2 is 1.85 bits per heavy atom. The summed E-state index contributed by atoms with van der Waals surface area (Å²) in [6.45, 7) is 0.584. The first-order valence-corrected chi connectivity index (χ1v) is 7.48. The van der Waals surface area contributed by atoms with Crippen LogP contribution in [0, 0.1) is 0 Å². The first-order valence-electron chi connectivity index (χ1n) is 5.81. The van der Waals surface area contributed by atoms with Crippen molar-refractivity contribution < 1.29 is 13.9 Å². The number of hydrogen-bond donors (Lipinski definition) is 2. The van der Waals surface area contributed by atoms with Gasteiger partial charge in [0.1, 0.15) is 5.75 Å². The SMILES string of the molecule is Oc1ccc(CNc2ccc(SC(F)F)cc2)cc1Br. The number of hydrogen-bond acceptors (Lipinski definition) is 3. The van der Waals surface area contributed by atoms with Crippen LogP contribution in [0.1, 0.15) is 5.56 Å². The highest BCUT2D eigenvalue weighted by Crippen LogP contribution is 2.27. The number of thioether (sulfide) groups is 1. The van der Waals surface area contributed by atoms with Gasteiger partial charge in [-0.25, -0.2) is 0 Å². The lowest BCUT2D eigenvalue weighted by Gasteiger charge is -2.08. The van der Waals surface area contributed by atoms with E-state index in [-0.39, 0.29) is 5.75 Å². The van der Waals surface area contributed by atoms with E-state index in [9.17, 15) is 13.9 Å². The topological polar surface area (TPSA) is 32.3 Å². The van der Waals surface area contributed by atoms with Gasteiger partial charge in [0.2, 0.25) is 0 Å². The van der Waals surface area contributed by atoms with Gasteiger partial charge >= 0.3 is 0 Å². The predicted octanol–water partition coefficient (Wildman–Crippen LogP) is 5.08. The molecule has 6 heteroatoms. The summed E-state index contributed by atoms with van der Waals surface area (Å²) in [5.74, 6) is -2.20. The molecule has 2 rings (SSSR count). The Morgan fingerprint density at radius 3 is 2.45 bits per heavy atom. The molecule has 0 heterocycles. The minimum Gasteiger partial charge on any atom is -0.507 e. The molecule has 0 saturated heterocycles. The molecule has 20 heavy (non-hydrogen) atoms. The van der Waals surface area contributed by atoms with Gasteiger partial charge in [-0.1, -0.05) is 17.8 Å². The van der Waals surface area contributed by atoms with Gasteiger partial charge in [0.25, 0.3) is 5.76 Å². The monoisotopic (exact) mass is 359 g/mol. The van der Waals surface area contributed by atoms with Crippen molar-refractivity contribution in [2.75, 3.05) is 5.32 Å². The normalized spacial score (nSPS) is 10.8.